The molecule has 8 heteroatoms. The van der Waals surface area contributed by atoms with Gasteiger partial charge in [0.15, 0.2) is 11.4 Å². The van der Waals surface area contributed by atoms with Crippen LogP contribution in [0.25, 0.3) is 5.65 Å². The molecule has 164 valence electrons. The van der Waals surface area contributed by atoms with E-state index in [0.717, 1.165) is 43.5 Å². The first-order valence-electron chi connectivity index (χ1n) is 10.7. The molecule has 8 nitrogen and oxygen atoms in total. The third-order valence-corrected chi connectivity index (χ3v) is 5.83. The topological polar surface area (TPSA) is 111 Å². The zero-order chi connectivity index (χ0) is 22.8. The fraction of sp³-hybridized carbons (Fsp3) is 0.333. The summed E-state index contributed by atoms with van der Waals surface area (Å²) in [5.41, 5.74) is 2.38. The van der Waals surface area contributed by atoms with Crippen molar-refractivity contribution >= 4 is 23.1 Å². The van der Waals surface area contributed by atoms with Crippen molar-refractivity contribution in [2.24, 2.45) is 0 Å². The number of para-hydroxylation sites is 1. The van der Waals surface area contributed by atoms with Gasteiger partial charge in [0.2, 0.25) is 0 Å². The van der Waals surface area contributed by atoms with Gasteiger partial charge in [-0.25, -0.2) is 9.78 Å². The zero-order valence-corrected chi connectivity index (χ0v) is 18.1. The second-order valence-corrected chi connectivity index (χ2v) is 8.16. The lowest BCUT2D eigenvalue weighted by atomic mass is 10.1. The van der Waals surface area contributed by atoms with Gasteiger partial charge in [-0.2, -0.15) is 5.26 Å². The third-order valence-electron chi connectivity index (χ3n) is 5.83. The van der Waals surface area contributed by atoms with Crippen molar-refractivity contribution in [3.05, 3.63) is 69.1 Å². The monoisotopic (exact) mass is 431 g/mol. The van der Waals surface area contributed by atoms with Crippen molar-refractivity contribution in [2.45, 2.75) is 39.2 Å². The Morgan fingerprint density at radius 3 is 2.66 bits per heavy atom. The standard InChI is InChI=1S/C24H25N5O3/c1-15-12-18(16(2)26-20-9-5-4-8-17(20)24(31)32)22-27-21(28-10-6-3-7-11-28)19(13-25)23(30)29(22)14-15/h4-5,8-9,12,14,16,26H,3,6-7,10-11H2,1-2H3,(H,31,32)/t16-/m1/s1. The molecule has 0 saturated carbocycles. The number of nitrogens with zero attached hydrogens (tertiary/aromatic N) is 4. The molecule has 1 atom stereocenters. The number of piperidine rings is 1. The highest BCUT2D eigenvalue weighted by molar-refractivity contribution is 5.94. The summed E-state index contributed by atoms with van der Waals surface area (Å²) in [5.74, 6) is -0.588. The van der Waals surface area contributed by atoms with E-state index in [9.17, 15) is 20.0 Å². The Morgan fingerprint density at radius 1 is 1.25 bits per heavy atom. The van der Waals surface area contributed by atoms with Gasteiger partial charge in [0.1, 0.15) is 11.7 Å². The Bertz CT molecular complexity index is 1290. The summed E-state index contributed by atoms with van der Waals surface area (Å²) >= 11 is 0. The van der Waals surface area contributed by atoms with Crippen molar-refractivity contribution in [3.63, 3.8) is 0 Å². The van der Waals surface area contributed by atoms with E-state index in [1.54, 1.807) is 30.5 Å². The van der Waals surface area contributed by atoms with E-state index in [1.165, 1.54) is 4.40 Å². The van der Waals surface area contributed by atoms with Gasteiger partial charge in [-0.05, 0) is 56.9 Å². The van der Waals surface area contributed by atoms with E-state index in [1.807, 2.05) is 24.8 Å². The molecule has 0 unspecified atom stereocenters. The zero-order valence-electron chi connectivity index (χ0n) is 18.1. The summed E-state index contributed by atoms with van der Waals surface area (Å²) in [6, 6.07) is 10.4. The predicted octanol–water partition coefficient (Wildman–Crippen LogP) is 3.74. The lowest BCUT2D eigenvalue weighted by Crippen LogP contribution is -2.34. The van der Waals surface area contributed by atoms with Crippen LogP contribution in [0.5, 0.6) is 0 Å². The highest BCUT2D eigenvalue weighted by Gasteiger charge is 2.23. The molecule has 2 N–H and O–H groups in total. The number of aromatic nitrogens is 2. The van der Waals surface area contributed by atoms with E-state index in [2.05, 4.69) is 11.4 Å². The fourth-order valence-corrected chi connectivity index (χ4v) is 4.25. The molecule has 32 heavy (non-hydrogen) atoms. The molecule has 0 spiro atoms. The van der Waals surface area contributed by atoms with Crippen molar-refractivity contribution in [2.75, 3.05) is 23.3 Å². The van der Waals surface area contributed by atoms with Crippen LogP contribution in [-0.4, -0.2) is 33.6 Å². The lowest BCUT2D eigenvalue weighted by molar-refractivity contribution is 0.0698. The molecular formula is C24H25N5O3. The SMILES string of the molecule is Cc1cc([C@@H](C)Nc2ccccc2C(=O)O)c2nc(N3CCCCC3)c(C#N)c(=O)n2c1. The van der Waals surface area contributed by atoms with Crippen LogP contribution in [0.2, 0.25) is 0 Å². The molecule has 2 aromatic heterocycles. The minimum atomic E-state index is -1.02. The van der Waals surface area contributed by atoms with Crippen LogP contribution < -0.4 is 15.8 Å². The highest BCUT2D eigenvalue weighted by Crippen LogP contribution is 2.28. The van der Waals surface area contributed by atoms with Crippen LogP contribution in [-0.2, 0) is 0 Å². The Balaban J connectivity index is 1.86. The number of carbonyl (C=O) groups is 1. The van der Waals surface area contributed by atoms with Gasteiger partial charge in [-0.1, -0.05) is 12.1 Å². The fourth-order valence-electron chi connectivity index (χ4n) is 4.25. The maximum atomic E-state index is 13.2. The van der Waals surface area contributed by atoms with Crippen LogP contribution in [0.1, 0.15) is 59.3 Å². The average molecular weight is 431 g/mol. The molecule has 1 aliphatic rings. The number of pyridine rings is 1. The van der Waals surface area contributed by atoms with Gasteiger partial charge in [0, 0.05) is 30.5 Å². The molecule has 1 aliphatic heterocycles. The second-order valence-electron chi connectivity index (χ2n) is 8.16. The van der Waals surface area contributed by atoms with Crippen LogP contribution in [0, 0.1) is 18.3 Å². The van der Waals surface area contributed by atoms with Crippen LogP contribution in [0.15, 0.2) is 41.3 Å². The average Bonchev–Trinajstić information content (AvgIpc) is 2.79. The van der Waals surface area contributed by atoms with Crippen molar-refractivity contribution in [1.82, 2.24) is 9.38 Å². The molecule has 0 aliphatic carbocycles. The minimum Gasteiger partial charge on any atom is -0.478 e. The molecule has 3 aromatic rings. The van der Waals surface area contributed by atoms with Crippen molar-refractivity contribution in [1.29, 1.82) is 5.26 Å². The third kappa shape index (κ3) is 3.89. The number of nitriles is 1. The Morgan fingerprint density at radius 2 is 1.97 bits per heavy atom. The van der Waals surface area contributed by atoms with Gasteiger partial charge in [-0.15, -0.1) is 0 Å². The summed E-state index contributed by atoms with van der Waals surface area (Å²) in [6.45, 7) is 5.30. The number of hydrogen-bond acceptors (Lipinski definition) is 6. The second kappa shape index (κ2) is 8.71. The number of carboxylic acid groups (broad SMARTS) is 1. The van der Waals surface area contributed by atoms with E-state index in [0.29, 0.717) is 17.2 Å². The summed E-state index contributed by atoms with van der Waals surface area (Å²) in [5, 5.41) is 22.5. The number of nitrogens with one attached hydrogen (secondary N) is 1. The summed E-state index contributed by atoms with van der Waals surface area (Å²) < 4.78 is 1.43. The highest BCUT2D eigenvalue weighted by atomic mass is 16.4. The van der Waals surface area contributed by atoms with Crippen LogP contribution >= 0.6 is 0 Å². The van der Waals surface area contributed by atoms with Gasteiger partial charge in [0.25, 0.3) is 5.56 Å². The number of hydrogen-bond donors (Lipinski definition) is 2. The maximum absolute atomic E-state index is 13.2. The van der Waals surface area contributed by atoms with Crippen molar-refractivity contribution < 1.29 is 9.90 Å². The predicted molar refractivity (Wildman–Crippen MR) is 122 cm³/mol. The first kappa shape index (κ1) is 21.4. The smallest absolute Gasteiger partial charge is 0.337 e. The molecule has 1 fully saturated rings. The Kier molecular flexibility index (Phi) is 5.82. The number of aryl methyl sites for hydroxylation is 1. The Hall–Kier alpha value is -3.86. The van der Waals surface area contributed by atoms with Crippen molar-refractivity contribution in [3.8, 4) is 6.07 Å². The first-order chi connectivity index (χ1) is 15.4. The number of fused-ring (bicyclic) bond motifs is 1. The number of carboxylic acids is 1. The largest absolute Gasteiger partial charge is 0.478 e. The molecule has 4 rings (SSSR count). The van der Waals surface area contributed by atoms with Gasteiger partial charge in [-0.3, -0.25) is 9.20 Å². The molecule has 0 radical (unpaired) electrons. The number of aromatic carboxylic acids is 1. The van der Waals surface area contributed by atoms with E-state index in [4.69, 9.17) is 4.98 Å². The number of benzene rings is 1. The molecular weight excluding hydrogens is 406 g/mol. The molecule has 1 saturated heterocycles. The van der Waals surface area contributed by atoms with Gasteiger partial charge < -0.3 is 15.3 Å². The minimum absolute atomic E-state index is 0.0535. The van der Waals surface area contributed by atoms with Gasteiger partial charge in [0.05, 0.1) is 11.6 Å². The summed E-state index contributed by atoms with van der Waals surface area (Å²) in [6.07, 6.45) is 4.81. The summed E-state index contributed by atoms with van der Waals surface area (Å²) in [4.78, 5) is 31.7. The molecule has 0 amide bonds. The summed E-state index contributed by atoms with van der Waals surface area (Å²) in [7, 11) is 0. The van der Waals surface area contributed by atoms with E-state index in [-0.39, 0.29) is 22.7 Å². The first-order valence-corrected chi connectivity index (χ1v) is 10.7. The van der Waals surface area contributed by atoms with E-state index < -0.39 is 5.97 Å². The lowest BCUT2D eigenvalue weighted by Gasteiger charge is -2.29. The number of rotatable bonds is 5. The van der Waals surface area contributed by atoms with Crippen LogP contribution in [0.4, 0.5) is 11.5 Å². The quantitative estimate of drug-likeness (QED) is 0.633. The number of anilines is 2. The maximum Gasteiger partial charge on any atom is 0.337 e. The molecule has 1 aromatic carbocycles. The van der Waals surface area contributed by atoms with E-state index >= 15 is 0 Å². The normalized spacial score (nSPS) is 14.7. The molecule has 0 bridgehead atoms. The molecule has 3 heterocycles. The van der Waals surface area contributed by atoms with Crippen LogP contribution in [0.3, 0.4) is 0 Å². The van der Waals surface area contributed by atoms with Gasteiger partial charge >= 0.3 is 5.97 Å². The Labute approximate surface area is 185 Å².